The standard InChI is InChI=1S/C31H33FN2O3/c1-21(2)29-28(31(35)33-25-13-9-6-10-14-25)27(22-11-7-5-8-12-22)30(23-15-17-24(32)18-16-23)34(29)20-19-26(36-3)37-4/h5-18,21,26H,19-20H2,1-4H3,(H,33,35). The molecule has 0 aliphatic rings. The van der Waals surface area contributed by atoms with Crippen molar-refractivity contribution < 1.29 is 18.7 Å². The molecule has 3 aromatic carbocycles. The molecular formula is C31H33FN2O3. The molecule has 0 fully saturated rings. The average Bonchev–Trinajstić information content (AvgIpc) is 3.26. The number of hydrogen-bond acceptors (Lipinski definition) is 3. The molecule has 0 saturated heterocycles. The SMILES string of the molecule is COC(CCn1c(-c2ccc(F)cc2)c(-c2ccccc2)c(C(=O)Nc2ccccc2)c1C(C)C)OC. The van der Waals surface area contributed by atoms with Gasteiger partial charge in [0.1, 0.15) is 5.82 Å². The summed E-state index contributed by atoms with van der Waals surface area (Å²) in [5, 5.41) is 3.09. The maximum Gasteiger partial charge on any atom is 0.258 e. The number of nitrogens with zero attached hydrogens (tertiary/aromatic N) is 1. The Bertz CT molecular complexity index is 1310. The number of amides is 1. The van der Waals surface area contributed by atoms with E-state index in [9.17, 15) is 9.18 Å². The van der Waals surface area contributed by atoms with Crippen LogP contribution < -0.4 is 5.32 Å². The third kappa shape index (κ3) is 5.82. The van der Waals surface area contributed by atoms with Crippen LogP contribution in [0.2, 0.25) is 0 Å². The summed E-state index contributed by atoms with van der Waals surface area (Å²) >= 11 is 0. The zero-order chi connectivity index (χ0) is 26.4. The number of para-hydroxylation sites is 1. The van der Waals surface area contributed by atoms with E-state index in [4.69, 9.17) is 9.47 Å². The molecule has 6 heteroatoms. The molecule has 5 nitrogen and oxygen atoms in total. The van der Waals surface area contributed by atoms with Crippen molar-refractivity contribution in [2.24, 2.45) is 0 Å². The molecule has 0 spiro atoms. The van der Waals surface area contributed by atoms with Crippen LogP contribution in [0.1, 0.15) is 42.2 Å². The maximum atomic E-state index is 14.0. The Labute approximate surface area is 217 Å². The van der Waals surface area contributed by atoms with Gasteiger partial charge in [0, 0.05) is 44.1 Å². The molecule has 0 saturated carbocycles. The van der Waals surface area contributed by atoms with Gasteiger partial charge in [0.2, 0.25) is 0 Å². The molecule has 192 valence electrons. The van der Waals surface area contributed by atoms with E-state index in [-0.39, 0.29) is 17.6 Å². The van der Waals surface area contributed by atoms with Gasteiger partial charge in [-0.15, -0.1) is 0 Å². The van der Waals surface area contributed by atoms with Gasteiger partial charge in [-0.2, -0.15) is 0 Å². The average molecular weight is 501 g/mol. The Morgan fingerprint density at radius 2 is 1.46 bits per heavy atom. The molecule has 1 N–H and O–H groups in total. The number of aromatic nitrogens is 1. The number of ether oxygens (including phenoxy) is 2. The molecular weight excluding hydrogens is 467 g/mol. The molecule has 0 unspecified atom stereocenters. The molecule has 4 aromatic rings. The van der Waals surface area contributed by atoms with E-state index < -0.39 is 6.29 Å². The van der Waals surface area contributed by atoms with Crippen molar-refractivity contribution in [1.29, 1.82) is 0 Å². The highest BCUT2D eigenvalue weighted by atomic mass is 19.1. The van der Waals surface area contributed by atoms with Crippen LogP contribution in [0, 0.1) is 5.82 Å². The Morgan fingerprint density at radius 3 is 2.03 bits per heavy atom. The van der Waals surface area contributed by atoms with Gasteiger partial charge >= 0.3 is 0 Å². The van der Waals surface area contributed by atoms with Gasteiger partial charge in [-0.05, 0) is 53.4 Å². The summed E-state index contributed by atoms with van der Waals surface area (Å²) in [6.07, 6.45) is 0.175. The molecule has 4 rings (SSSR count). The first-order valence-electron chi connectivity index (χ1n) is 12.4. The summed E-state index contributed by atoms with van der Waals surface area (Å²) in [5.41, 5.74) is 5.64. The van der Waals surface area contributed by atoms with Crippen molar-refractivity contribution in [2.45, 2.75) is 39.0 Å². The van der Waals surface area contributed by atoms with Gasteiger partial charge in [-0.1, -0.05) is 62.4 Å². The van der Waals surface area contributed by atoms with Crippen molar-refractivity contribution in [3.63, 3.8) is 0 Å². The summed E-state index contributed by atoms with van der Waals surface area (Å²) in [6, 6.07) is 25.7. The number of anilines is 1. The van der Waals surface area contributed by atoms with Crippen LogP contribution in [-0.4, -0.2) is 31.0 Å². The molecule has 37 heavy (non-hydrogen) atoms. The number of carbonyl (C=O) groups excluding carboxylic acids is 1. The normalized spacial score (nSPS) is 11.3. The van der Waals surface area contributed by atoms with E-state index in [1.54, 1.807) is 26.4 Å². The number of methoxy groups -OCH3 is 2. The monoisotopic (exact) mass is 500 g/mol. The topological polar surface area (TPSA) is 52.5 Å². The van der Waals surface area contributed by atoms with Crippen LogP contribution in [-0.2, 0) is 16.0 Å². The van der Waals surface area contributed by atoms with Gasteiger partial charge in [-0.25, -0.2) is 4.39 Å². The highest BCUT2D eigenvalue weighted by Crippen LogP contribution is 2.42. The summed E-state index contributed by atoms with van der Waals surface area (Å²) in [7, 11) is 3.23. The smallest absolute Gasteiger partial charge is 0.258 e. The predicted molar refractivity (Wildman–Crippen MR) is 146 cm³/mol. The zero-order valence-electron chi connectivity index (χ0n) is 21.7. The zero-order valence-corrected chi connectivity index (χ0v) is 21.7. The Hall–Kier alpha value is -3.74. The predicted octanol–water partition coefficient (Wildman–Crippen LogP) is 7.35. The molecule has 0 aliphatic heterocycles. The highest BCUT2D eigenvalue weighted by molar-refractivity contribution is 6.12. The molecule has 1 amide bonds. The second-order valence-corrected chi connectivity index (χ2v) is 9.17. The van der Waals surface area contributed by atoms with Gasteiger partial charge in [0.15, 0.2) is 6.29 Å². The minimum Gasteiger partial charge on any atom is -0.356 e. The summed E-state index contributed by atoms with van der Waals surface area (Å²) in [4.78, 5) is 14.0. The molecule has 0 atom stereocenters. The molecule has 0 radical (unpaired) electrons. The summed E-state index contributed by atoms with van der Waals surface area (Å²) in [5.74, 6) is -0.476. The minimum atomic E-state index is -0.398. The summed E-state index contributed by atoms with van der Waals surface area (Å²) < 4.78 is 27.1. The largest absolute Gasteiger partial charge is 0.356 e. The Morgan fingerprint density at radius 1 is 0.865 bits per heavy atom. The van der Waals surface area contributed by atoms with Gasteiger partial charge < -0.3 is 19.4 Å². The number of carbonyl (C=O) groups is 1. The fraction of sp³-hybridized carbons (Fsp3) is 0.258. The number of nitrogens with one attached hydrogen (secondary N) is 1. The number of halogens is 1. The third-order valence-corrected chi connectivity index (χ3v) is 6.40. The third-order valence-electron chi connectivity index (χ3n) is 6.40. The molecule has 0 aliphatic carbocycles. The van der Waals surface area contributed by atoms with Gasteiger partial charge in [-0.3, -0.25) is 4.79 Å². The highest BCUT2D eigenvalue weighted by Gasteiger charge is 2.30. The fourth-order valence-electron chi connectivity index (χ4n) is 4.77. The van der Waals surface area contributed by atoms with Crippen LogP contribution in [0.25, 0.3) is 22.4 Å². The van der Waals surface area contributed by atoms with Crippen molar-refractivity contribution >= 4 is 11.6 Å². The number of benzene rings is 3. The van der Waals surface area contributed by atoms with Crippen molar-refractivity contribution in [3.8, 4) is 22.4 Å². The van der Waals surface area contributed by atoms with Crippen molar-refractivity contribution in [2.75, 3.05) is 19.5 Å². The minimum absolute atomic E-state index is 0.0247. The second-order valence-electron chi connectivity index (χ2n) is 9.17. The van der Waals surface area contributed by atoms with Crippen LogP contribution in [0.5, 0.6) is 0 Å². The number of rotatable bonds is 10. The first kappa shape index (κ1) is 26.3. The molecule has 1 heterocycles. The Kier molecular flexibility index (Phi) is 8.54. The second kappa shape index (κ2) is 12.0. The van der Waals surface area contributed by atoms with E-state index in [2.05, 4.69) is 23.7 Å². The van der Waals surface area contributed by atoms with E-state index in [1.165, 1.54) is 12.1 Å². The lowest BCUT2D eigenvalue weighted by atomic mass is 9.94. The summed E-state index contributed by atoms with van der Waals surface area (Å²) in [6.45, 7) is 4.71. The van der Waals surface area contributed by atoms with Gasteiger partial charge in [0.25, 0.3) is 5.91 Å². The van der Waals surface area contributed by atoms with Crippen LogP contribution in [0.3, 0.4) is 0 Å². The lowest BCUT2D eigenvalue weighted by Crippen LogP contribution is -2.19. The molecule has 1 aromatic heterocycles. The quantitative estimate of drug-likeness (QED) is 0.232. The van der Waals surface area contributed by atoms with Crippen molar-refractivity contribution in [3.05, 3.63) is 102 Å². The van der Waals surface area contributed by atoms with E-state index >= 15 is 0 Å². The van der Waals surface area contributed by atoms with Crippen LogP contribution in [0.4, 0.5) is 10.1 Å². The lowest BCUT2D eigenvalue weighted by Gasteiger charge is -2.20. The van der Waals surface area contributed by atoms with Crippen LogP contribution >= 0.6 is 0 Å². The van der Waals surface area contributed by atoms with Crippen molar-refractivity contribution in [1.82, 2.24) is 4.57 Å². The van der Waals surface area contributed by atoms with E-state index in [0.29, 0.717) is 18.5 Å². The first-order valence-corrected chi connectivity index (χ1v) is 12.4. The van der Waals surface area contributed by atoms with Gasteiger partial charge in [0.05, 0.1) is 11.3 Å². The number of hydrogen-bond donors (Lipinski definition) is 1. The van der Waals surface area contributed by atoms with E-state index in [0.717, 1.165) is 33.8 Å². The lowest BCUT2D eigenvalue weighted by molar-refractivity contribution is -0.108. The molecule has 0 bridgehead atoms. The maximum absolute atomic E-state index is 14.0. The van der Waals surface area contributed by atoms with Crippen LogP contribution in [0.15, 0.2) is 84.9 Å². The first-order chi connectivity index (χ1) is 17.9. The Balaban J connectivity index is 2.01. The fourth-order valence-corrected chi connectivity index (χ4v) is 4.77. The van der Waals surface area contributed by atoms with E-state index in [1.807, 2.05) is 60.7 Å².